The van der Waals surface area contributed by atoms with Crippen molar-refractivity contribution in [1.29, 1.82) is 0 Å². The fraction of sp³-hybridized carbons (Fsp3) is 0.333. The molecule has 0 bridgehead atoms. The Kier molecular flexibility index (Phi) is 7.75. The van der Waals surface area contributed by atoms with Crippen LogP contribution < -0.4 is 10.1 Å². The number of hydrogen-bond donors (Lipinski definition) is 1. The van der Waals surface area contributed by atoms with Gasteiger partial charge in [0.15, 0.2) is 22.2 Å². The van der Waals surface area contributed by atoms with E-state index in [1.54, 1.807) is 6.07 Å². The van der Waals surface area contributed by atoms with Crippen LogP contribution in [0.25, 0.3) is 10.2 Å². The summed E-state index contributed by atoms with van der Waals surface area (Å²) in [6.07, 6.45) is -0.361. The first-order chi connectivity index (χ1) is 16.3. The lowest BCUT2D eigenvalue weighted by molar-refractivity contribution is -0.113. The monoisotopic (exact) mass is 515 g/mol. The average molecular weight is 516 g/mol. The average Bonchev–Trinajstić information content (AvgIpc) is 3.38. The van der Waals surface area contributed by atoms with Gasteiger partial charge in [-0.25, -0.2) is 4.98 Å². The van der Waals surface area contributed by atoms with Gasteiger partial charge in [-0.2, -0.15) is 0 Å². The first kappa shape index (κ1) is 24.5. The third-order valence-electron chi connectivity index (χ3n) is 5.00. The molecule has 2 aromatic heterocycles. The highest BCUT2D eigenvalue weighted by Gasteiger charge is 2.22. The van der Waals surface area contributed by atoms with E-state index in [9.17, 15) is 4.79 Å². The molecule has 0 spiro atoms. The van der Waals surface area contributed by atoms with Gasteiger partial charge in [-0.15, -0.1) is 10.2 Å². The van der Waals surface area contributed by atoms with Crippen molar-refractivity contribution >= 4 is 56.0 Å². The highest BCUT2D eigenvalue weighted by atomic mass is 35.5. The summed E-state index contributed by atoms with van der Waals surface area (Å²) >= 11 is 9.07. The summed E-state index contributed by atoms with van der Waals surface area (Å²) in [4.78, 5) is 17.2. The van der Waals surface area contributed by atoms with Gasteiger partial charge in [-0.3, -0.25) is 4.79 Å². The molecular weight excluding hydrogens is 490 g/mol. The minimum absolute atomic E-state index is 0.136. The number of rotatable bonds is 9. The van der Waals surface area contributed by atoms with E-state index in [2.05, 4.69) is 34.3 Å². The normalized spacial score (nSPS) is 12.3. The predicted octanol–water partition coefficient (Wildman–Crippen LogP) is 6.38. The highest BCUT2D eigenvalue weighted by molar-refractivity contribution is 7.99. The number of carbonyl (C=O) groups excluding carboxylic acids is 1. The van der Waals surface area contributed by atoms with Crippen LogP contribution in [0.2, 0.25) is 5.02 Å². The minimum Gasteiger partial charge on any atom is -0.481 e. The summed E-state index contributed by atoms with van der Waals surface area (Å²) in [5, 5.41) is 13.5. The molecule has 1 atom stereocenters. The third kappa shape index (κ3) is 5.71. The van der Waals surface area contributed by atoms with Crippen molar-refractivity contribution in [3.63, 3.8) is 0 Å². The zero-order valence-corrected chi connectivity index (χ0v) is 21.8. The summed E-state index contributed by atoms with van der Waals surface area (Å²) in [6.45, 7) is 8.89. The van der Waals surface area contributed by atoms with Crippen LogP contribution in [0.5, 0.6) is 5.75 Å². The Morgan fingerprint density at radius 1 is 1.18 bits per heavy atom. The number of ether oxygens (including phenoxy) is 1. The summed E-state index contributed by atoms with van der Waals surface area (Å²) < 4.78 is 9.13. The number of hydrogen-bond acceptors (Lipinski definition) is 7. The lowest BCUT2D eigenvalue weighted by atomic mass is 10.2. The van der Waals surface area contributed by atoms with Crippen LogP contribution >= 0.6 is 34.7 Å². The number of fused-ring (bicyclic) bond motifs is 1. The van der Waals surface area contributed by atoms with Crippen LogP contribution in [0.3, 0.4) is 0 Å². The molecule has 0 aliphatic carbocycles. The standard InChI is InChI=1S/C24H26ClN5O2S2/c1-14(2)12-30-22(16(4)32-18-10-6-5-9-17(18)25)28-29-24(30)33-13-20(31)26-23-27-21-15(3)8-7-11-19(21)34-23/h5-11,14,16H,12-13H2,1-4H3,(H,26,27,31). The molecular formula is C24H26ClN5O2S2. The Morgan fingerprint density at radius 2 is 1.97 bits per heavy atom. The zero-order valence-electron chi connectivity index (χ0n) is 19.4. The number of nitrogens with zero attached hydrogens (tertiary/aromatic N) is 4. The number of thiazole rings is 1. The van der Waals surface area contributed by atoms with E-state index in [1.807, 2.05) is 54.8 Å². The van der Waals surface area contributed by atoms with Crippen LogP contribution in [0.1, 0.15) is 38.3 Å². The fourth-order valence-corrected chi connectivity index (χ4v) is 5.35. The Hall–Kier alpha value is -2.62. The SMILES string of the molecule is Cc1cccc2sc(NC(=O)CSc3nnc(C(C)Oc4ccccc4Cl)n3CC(C)C)nc12. The number of nitrogens with one attached hydrogen (secondary N) is 1. The quantitative estimate of drug-likeness (QED) is 0.260. The minimum atomic E-state index is -0.361. The molecule has 4 aromatic rings. The number of para-hydroxylation sites is 2. The molecule has 178 valence electrons. The summed E-state index contributed by atoms with van der Waals surface area (Å²) in [5.41, 5.74) is 2.01. The summed E-state index contributed by atoms with van der Waals surface area (Å²) in [5.74, 6) is 1.71. The van der Waals surface area contributed by atoms with Gasteiger partial charge in [0, 0.05) is 6.54 Å². The van der Waals surface area contributed by atoms with Gasteiger partial charge in [0.05, 0.1) is 21.0 Å². The second kappa shape index (κ2) is 10.8. The number of halogens is 1. The maximum Gasteiger partial charge on any atom is 0.236 e. The molecule has 1 N–H and O–H groups in total. The van der Waals surface area contributed by atoms with Gasteiger partial charge < -0.3 is 14.6 Å². The number of anilines is 1. The van der Waals surface area contributed by atoms with Crippen molar-refractivity contribution in [3.8, 4) is 5.75 Å². The predicted molar refractivity (Wildman–Crippen MR) is 139 cm³/mol. The molecule has 0 aliphatic rings. The molecule has 1 unspecified atom stereocenters. The Morgan fingerprint density at radius 3 is 2.71 bits per heavy atom. The van der Waals surface area contributed by atoms with E-state index >= 15 is 0 Å². The van der Waals surface area contributed by atoms with E-state index in [4.69, 9.17) is 16.3 Å². The van der Waals surface area contributed by atoms with E-state index in [0.29, 0.717) is 39.3 Å². The third-order valence-corrected chi connectivity index (χ3v) is 7.21. The van der Waals surface area contributed by atoms with Crippen LogP contribution in [-0.2, 0) is 11.3 Å². The van der Waals surface area contributed by atoms with E-state index < -0.39 is 0 Å². The first-order valence-corrected chi connectivity index (χ1v) is 13.1. The van der Waals surface area contributed by atoms with Crippen molar-refractivity contribution in [2.24, 2.45) is 5.92 Å². The molecule has 2 aromatic carbocycles. The molecule has 34 heavy (non-hydrogen) atoms. The lowest BCUT2D eigenvalue weighted by Crippen LogP contribution is -2.17. The van der Waals surface area contributed by atoms with Gasteiger partial charge in [-0.1, -0.05) is 72.8 Å². The summed E-state index contributed by atoms with van der Waals surface area (Å²) in [6, 6.07) is 13.4. The second-order valence-corrected chi connectivity index (χ2v) is 10.7. The topological polar surface area (TPSA) is 81.9 Å². The molecule has 0 fully saturated rings. The fourth-order valence-electron chi connectivity index (χ4n) is 3.45. The Bertz CT molecular complexity index is 1300. The molecule has 2 heterocycles. The second-order valence-electron chi connectivity index (χ2n) is 8.31. The van der Waals surface area contributed by atoms with Crippen LogP contribution in [0.4, 0.5) is 5.13 Å². The molecule has 4 rings (SSSR count). The highest BCUT2D eigenvalue weighted by Crippen LogP contribution is 2.31. The molecule has 0 radical (unpaired) electrons. The van der Waals surface area contributed by atoms with Gasteiger partial charge >= 0.3 is 0 Å². The maximum absolute atomic E-state index is 12.6. The largest absolute Gasteiger partial charge is 0.481 e. The van der Waals surface area contributed by atoms with Gasteiger partial charge in [0.1, 0.15) is 5.75 Å². The first-order valence-electron chi connectivity index (χ1n) is 10.9. The number of carbonyl (C=O) groups is 1. The number of benzene rings is 2. The van der Waals surface area contributed by atoms with Crippen molar-refractivity contribution in [3.05, 3.63) is 58.9 Å². The van der Waals surface area contributed by atoms with E-state index in [-0.39, 0.29) is 17.8 Å². The van der Waals surface area contributed by atoms with Crippen LogP contribution in [0, 0.1) is 12.8 Å². The zero-order chi connectivity index (χ0) is 24.2. The molecule has 1 amide bonds. The van der Waals surface area contributed by atoms with Crippen molar-refractivity contribution in [2.45, 2.75) is 45.5 Å². The maximum atomic E-state index is 12.6. The van der Waals surface area contributed by atoms with Crippen molar-refractivity contribution in [2.75, 3.05) is 11.1 Å². The van der Waals surface area contributed by atoms with E-state index in [0.717, 1.165) is 15.8 Å². The molecule has 0 saturated heterocycles. The van der Waals surface area contributed by atoms with Crippen molar-refractivity contribution < 1.29 is 9.53 Å². The van der Waals surface area contributed by atoms with Crippen molar-refractivity contribution in [1.82, 2.24) is 19.7 Å². The van der Waals surface area contributed by atoms with Crippen LogP contribution in [0.15, 0.2) is 47.6 Å². The number of aromatic nitrogens is 4. The number of aryl methyl sites for hydroxylation is 1. The van der Waals surface area contributed by atoms with E-state index in [1.165, 1.54) is 23.1 Å². The molecule has 7 nitrogen and oxygen atoms in total. The Labute approximate surface area is 211 Å². The molecule has 0 saturated carbocycles. The van der Waals surface area contributed by atoms with Gasteiger partial charge in [-0.05, 0) is 43.5 Å². The Balaban J connectivity index is 1.45. The molecule has 0 aliphatic heterocycles. The number of thioether (sulfide) groups is 1. The molecule has 10 heteroatoms. The van der Waals surface area contributed by atoms with Crippen LogP contribution in [-0.4, -0.2) is 31.4 Å². The van der Waals surface area contributed by atoms with Gasteiger partial charge in [0.2, 0.25) is 5.91 Å². The number of amides is 1. The van der Waals surface area contributed by atoms with Gasteiger partial charge in [0.25, 0.3) is 0 Å². The smallest absolute Gasteiger partial charge is 0.236 e. The lowest BCUT2D eigenvalue weighted by Gasteiger charge is -2.18. The summed E-state index contributed by atoms with van der Waals surface area (Å²) in [7, 11) is 0.